The summed E-state index contributed by atoms with van der Waals surface area (Å²) in [6.45, 7) is 3.89. The lowest BCUT2D eigenvalue weighted by Crippen LogP contribution is -2.30. The third kappa shape index (κ3) is 3.56. The molecule has 0 saturated carbocycles. The Labute approximate surface area is 184 Å². The molecular formula is C24H21N5O3. The summed E-state index contributed by atoms with van der Waals surface area (Å²) in [7, 11) is 0. The highest BCUT2D eigenvalue weighted by atomic mass is 16.5. The van der Waals surface area contributed by atoms with E-state index in [4.69, 9.17) is 9.15 Å². The van der Waals surface area contributed by atoms with E-state index in [9.17, 15) is 4.79 Å². The molecule has 0 saturated heterocycles. The molecule has 8 heteroatoms. The summed E-state index contributed by atoms with van der Waals surface area (Å²) in [5.41, 5.74) is 3.68. The number of tetrazole rings is 1. The molecule has 1 aliphatic heterocycles. The number of furan rings is 1. The molecule has 0 radical (unpaired) electrons. The minimum atomic E-state index is -0.578. The summed E-state index contributed by atoms with van der Waals surface area (Å²) >= 11 is 0. The van der Waals surface area contributed by atoms with Gasteiger partial charge in [0.1, 0.15) is 24.2 Å². The number of carbonyl (C=O) groups is 1. The summed E-state index contributed by atoms with van der Waals surface area (Å²) in [5.74, 6) is 1.53. The van der Waals surface area contributed by atoms with E-state index in [1.54, 1.807) is 4.68 Å². The Bertz CT molecular complexity index is 1310. The molecule has 4 aromatic rings. The van der Waals surface area contributed by atoms with Gasteiger partial charge in [-0.2, -0.15) is 4.68 Å². The normalized spacial score (nSPS) is 15.2. The molecule has 3 heterocycles. The van der Waals surface area contributed by atoms with Gasteiger partial charge in [-0.3, -0.25) is 0 Å². The molecule has 0 fully saturated rings. The molecule has 0 aliphatic carbocycles. The van der Waals surface area contributed by atoms with Crippen molar-refractivity contribution in [3.63, 3.8) is 0 Å². The standard InChI is InChI=1S/C24H21N5O3/c1-15-12-13-20(32-15)18-10-6-7-11-19(18)22-21(16(2)25-24-26-27-28-29(22)24)23(30)31-14-17-8-4-3-5-9-17/h3-13,22H,14H2,1-2H3,(H,25,26,28)/t22-/m1/s1. The number of esters is 1. The molecule has 0 amide bonds. The maximum absolute atomic E-state index is 13.3. The van der Waals surface area contributed by atoms with Gasteiger partial charge in [-0.25, -0.2) is 4.79 Å². The van der Waals surface area contributed by atoms with Gasteiger partial charge in [0.25, 0.3) is 0 Å². The van der Waals surface area contributed by atoms with Crippen LogP contribution in [0.4, 0.5) is 5.95 Å². The van der Waals surface area contributed by atoms with Gasteiger partial charge in [-0.1, -0.05) is 59.7 Å². The molecule has 0 unspecified atom stereocenters. The van der Waals surface area contributed by atoms with Gasteiger partial charge in [0, 0.05) is 11.3 Å². The third-order valence-electron chi connectivity index (χ3n) is 5.41. The van der Waals surface area contributed by atoms with Gasteiger partial charge in [0.05, 0.1) is 5.57 Å². The first kappa shape index (κ1) is 19.7. The van der Waals surface area contributed by atoms with Crippen LogP contribution in [0.1, 0.15) is 29.9 Å². The van der Waals surface area contributed by atoms with Crippen LogP contribution in [0.2, 0.25) is 0 Å². The van der Waals surface area contributed by atoms with E-state index in [2.05, 4.69) is 20.8 Å². The van der Waals surface area contributed by atoms with Gasteiger partial charge < -0.3 is 14.5 Å². The van der Waals surface area contributed by atoms with Crippen molar-refractivity contribution in [2.75, 3.05) is 5.32 Å². The fourth-order valence-corrected chi connectivity index (χ4v) is 3.90. The number of ether oxygens (including phenoxy) is 1. The summed E-state index contributed by atoms with van der Waals surface area (Å²) in [5, 5.41) is 15.1. The molecule has 0 bridgehead atoms. The van der Waals surface area contributed by atoms with Crippen LogP contribution in [-0.4, -0.2) is 26.2 Å². The Kier molecular flexibility index (Phi) is 5.03. The Morgan fingerprint density at radius 2 is 1.84 bits per heavy atom. The summed E-state index contributed by atoms with van der Waals surface area (Å²) < 4.78 is 13.2. The molecule has 8 nitrogen and oxygen atoms in total. The number of nitrogens with one attached hydrogen (secondary N) is 1. The zero-order valence-electron chi connectivity index (χ0n) is 17.6. The quantitative estimate of drug-likeness (QED) is 0.475. The number of aromatic nitrogens is 4. The van der Waals surface area contributed by atoms with E-state index in [0.29, 0.717) is 23.0 Å². The second-order valence-corrected chi connectivity index (χ2v) is 7.57. The predicted octanol–water partition coefficient (Wildman–Crippen LogP) is 4.27. The average molecular weight is 427 g/mol. The number of benzene rings is 2. The summed E-state index contributed by atoms with van der Waals surface area (Å²) in [6, 6.07) is 20.6. The Morgan fingerprint density at radius 3 is 2.62 bits per heavy atom. The monoisotopic (exact) mass is 427 g/mol. The van der Waals surface area contributed by atoms with E-state index >= 15 is 0 Å². The molecule has 0 spiro atoms. The van der Waals surface area contributed by atoms with Crippen LogP contribution in [0.15, 0.2) is 82.4 Å². The zero-order chi connectivity index (χ0) is 22.1. The summed E-state index contributed by atoms with van der Waals surface area (Å²) in [4.78, 5) is 13.3. The number of fused-ring (bicyclic) bond motifs is 1. The molecular weight excluding hydrogens is 406 g/mol. The first-order chi connectivity index (χ1) is 15.6. The number of rotatable bonds is 5. The molecule has 1 aliphatic rings. The van der Waals surface area contributed by atoms with Gasteiger partial charge in [0.15, 0.2) is 0 Å². The Morgan fingerprint density at radius 1 is 1.06 bits per heavy atom. The Balaban J connectivity index is 1.57. The number of anilines is 1. The van der Waals surface area contributed by atoms with Crippen molar-refractivity contribution in [1.29, 1.82) is 0 Å². The van der Waals surface area contributed by atoms with Crippen LogP contribution in [0, 0.1) is 6.92 Å². The highest BCUT2D eigenvalue weighted by molar-refractivity contribution is 5.93. The van der Waals surface area contributed by atoms with E-state index in [-0.39, 0.29) is 6.61 Å². The number of hydrogen-bond acceptors (Lipinski definition) is 7. The van der Waals surface area contributed by atoms with E-state index < -0.39 is 12.0 Å². The largest absolute Gasteiger partial charge is 0.461 e. The van der Waals surface area contributed by atoms with Crippen molar-refractivity contribution in [1.82, 2.24) is 20.2 Å². The molecule has 2 aromatic heterocycles. The van der Waals surface area contributed by atoms with Crippen LogP contribution in [-0.2, 0) is 16.1 Å². The van der Waals surface area contributed by atoms with Crippen molar-refractivity contribution in [2.24, 2.45) is 0 Å². The van der Waals surface area contributed by atoms with Crippen LogP contribution >= 0.6 is 0 Å². The minimum Gasteiger partial charge on any atom is -0.461 e. The predicted molar refractivity (Wildman–Crippen MR) is 117 cm³/mol. The maximum atomic E-state index is 13.3. The van der Waals surface area contributed by atoms with Crippen LogP contribution < -0.4 is 5.32 Å². The number of carbonyl (C=O) groups excluding carboxylic acids is 1. The fourth-order valence-electron chi connectivity index (χ4n) is 3.90. The zero-order valence-corrected chi connectivity index (χ0v) is 17.6. The van der Waals surface area contributed by atoms with Crippen molar-refractivity contribution in [2.45, 2.75) is 26.5 Å². The van der Waals surface area contributed by atoms with Crippen molar-refractivity contribution in [3.05, 3.63) is 94.9 Å². The van der Waals surface area contributed by atoms with Gasteiger partial charge in [0.2, 0.25) is 5.95 Å². The number of allylic oxidation sites excluding steroid dienone is 1. The van der Waals surface area contributed by atoms with Crippen LogP contribution in [0.25, 0.3) is 11.3 Å². The third-order valence-corrected chi connectivity index (χ3v) is 5.41. The van der Waals surface area contributed by atoms with Crippen molar-refractivity contribution < 1.29 is 13.9 Å². The average Bonchev–Trinajstić information content (AvgIpc) is 3.46. The first-order valence-electron chi connectivity index (χ1n) is 10.2. The van der Waals surface area contributed by atoms with Gasteiger partial charge in [-0.15, -0.1) is 0 Å². The van der Waals surface area contributed by atoms with Crippen molar-refractivity contribution >= 4 is 11.9 Å². The molecule has 160 valence electrons. The van der Waals surface area contributed by atoms with E-state index in [1.165, 1.54) is 0 Å². The fraction of sp³-hybridized carbons (Fsp3) is 0.167. The smallest absolute Gasteiger partial charge is 0.338 e. The van der Waals surface area contributed by atoms with E-state index in [0.717, 1.165) is 22.5 Å². The highest BCUT2D eigenvalue weighted by Gasteiger charge is 2.36. The highest BCUT2D eigenvalue weighted by Crippen LogP contribution is 2.39. The van der Waals surface area contributed by atoms with Gasteiger partial charge in [-0.05, 0) is 47.5 Å². The first-order valence-corrected chi connectivity index (χ1v) is 10.2. The van der Waals surface area contributed by atoms with Crippen molar-refractivity contribution in [3.8, 4) is 11.3 Å². The molecule has 5 rings (SSSR count). The minimum absolute atomic E-state index is 0.171. The lowest BCUT2D eigenvalue weighted by Gasteiger charge is -2.28. The Hall–Kier alpha value is -4.20. The lowest BCUT2D eigenvalue weighted by molar-refractivity contribution is -0.140. The number of aryl methyl sites for hydroxylation is 1. The maximum Gasteiger partial charge on any atom is 0.338 e. The van der Waals surface area contributed by atoms with Gasteiger partial charge >= 0.3 is 5.97 Å². The van der Waals surface area contributed by atoms with Crippen LogP contribution in [0.5, 0.6) is 0 Å². The molecule has 32 heavy (non-hydrogen) atoms. The molecule has 2 aromatic carbocycles. The second-order valence-electron chi connectivity index (χ2n) is 7.57. The van der Waals surface area contributed by atoms with E-state index in [1.807, 2.05) is 80.6 Å². The lowest BCUT2D eigenvalue weighted by atomic mass is 9.91. The molecule has 1 atom stereocenters. The number of nitrogens with zero attached hydrogens (tertiary/aromatic N) is 4. The molecule has 1 N–H and O–H groups in total. The topological polar surface area (TPSA) is 95.1 Å². The SMILES string of the molecule is CC1=C(C(=O)OCc2ccccc2)[C@@H](c2ccccc2-c2ccc(C)o2)n2nnnc2N1. The second kappa shape index (κ2) is 8.14. The summed E-state index contributed by atoms with van der Waals surface area (Å²) in [6.07, 6.45) is 0. The van der Waals surface area contributed by atoms with Crippen LogP contribution in [0.3, 0.4) is 0 Å². The number of hydrogen-bond donors (Lipinski definition) is 1.